The van der Waals surface area contributed by atoms with E-state index in [1.807, 2.05) is 4.57 Å². The van der Waals surface area contributed by atoms with E-state index in [0.29, 0.717) is 23.0 Å². The van der Waals surface area contributed by atoms with Gasteiger partial charge in [-0.25, -0.2) is 4.39 Å². The molecule has 0 spiro atoms. The van der Waals surface area contributed by atoms with Gasteiger partial charge >= 0.3 is 0 Å². The first-order valence-electron chi connectivity index (χ1n) is 10.9. The second-order valence-electron chi connectivity index (χ2n) is 8.78. The lowest BCUT2D eigenvalue weighted by molar-refractivity contribution is -0.128. The fourth-order valence-electron chi connectivity index (χ4n) is 5.40. The summed E-state index contributed by atoms with van der Waals surface area (Å²) in [4.78, 5) is 13.3. The standard InChI is InChI=1S/C22H28FN5O/c23-18-9-8-16(25-21(29)22-10-4-3-6-15(22)13-24-14-22)12-17(18)20-27-26-19-7-2-1-5-11-28(19)20/h8-9,12,15,24H,1-7,10-11,13-14H2,(H,25,29)/t15-,22+/m0/s1. The van der Waals surface area contributed by atoms with E-state index in [-0.39, 0.29) is 17.1 Å². The minimum Gasteiger partial charge on any atom is -0.326 e. The highest BCUT2D eigenvalue weighted by Gasteiger charge is 2.49. The van der Waals surface area contributed by atoms with Gasteiger partial charge < -0.3 is 15.2 Å². The first-order valence-corrected chi connectivity index (χ1v) is 10.9. The van der Waals surface area contributed by atoms with Gasteiger partial charge in [0, 0.05) is 25.2 Å². The van der Waals surface area contributed by atoms with Crippen LogP contribution < -0.4 is 10.6 Å². The van der Waals surface area contributed by atoms with Crippen molar-refractivity contribution in [3.8, 4) is 11.4 Å². The van der Waals surface area contributed by atoms with E-state index in [1.165, 1.54) is 12.5 Å². The predicted molar refractivity (Wildman–Crippen MR) is 109 cm³/mol. The quantitative estimate of drug-likeness (QED) is 0.831. The number of aryl methyl sites for hydroxylation is 1. The molecule has 6 nitrogen and oxygen atoms in total. The van der Waals surface area contributed by atoms with Crippen molar-refractivity contribution in [1.29, 1.82) is 0 Å². The monoisotopic (exact) mass is 397 g/mol. The van der Waals surface area contributed by atoms with Crippen molar-refractivity contribution < 1.29 is 9.18 Å². The van der Waals surface area contributed by atoms with E-state index in [1.54, 1.807) is 12.1 Å². The van der Waals surface area contributed by atoms with Gasteiger partial charge in [0.05, 0.1) is 11.0 Å². The molecule has 1 saturated heterocycles. The molecule has 0 radical (unpaired) electrons. The van der Waals surface area contributed by atoms with Gasteiger partial charge in [0.25, 0.3) is 0 Å². The number of rotatable bonds is 3. The van der Waals surface area contributed by atoms with Gasteiger partial charge in [-0.2, -0.15) is 0 Å². The van der Waals surface area contributed by atoms with Crippen LogP contribution in [0.1, 0.15) is 50.8 Å². The topological polar surface area (TPSA) is 71.8 Å². The molecule has 2 N–H and O–H groups in total. The lowest BCUT2D eigenvalue weighted by Gasteiger charge is -2.37. The zero-order chi connectivity index (χ0) is 19.8. The van der Waals surface area contributed by atoms with E-state index in [0.717, 1.165) is 70.4 Å². The smallest absolute Gasteiger partial charge is 0.232 e. The van der Waals surface area contributed by atoms with Crippen LogP contribution in [0.3, 0.4) is 0 Å². The molecular weight excluding hydrogens is 369 g/mol. The van der Waals surface area contributed by atoms with E-state index < -0.39 is 0 Å². The summed E-state index contributed by atoms with van der Waals surface area (Å²) in [5.74, 6) is 1.60. The summed E-state index contributed by atoms with van der Waals surface area (Å²) in [6.45, 7) is 2.45. The number of benzene rings is 1. The number of anilines is 1. The van der Waals surface area contributed by atoms with Crippen molar-refractivity contribution in [2.24, 2.45) is 11.3 Å². The molecule has 2 aromatic rings. The molecule has 3 heterocycles. The molecule has 29 heavy (non-hydrogen) atoms. The molecule has 1 aromatic carbocycles. The maximum Gasteiger partial charge on any atom is 0.232 e. The maximum absolute atomic E-state index is 14.7. The average molecular weight is 397 g/mol. The fourth-order valence-corrected chi connectivity index (χ4v) is 5.40. The first-order chi connectivity index (χ1) is 14.2. The highest BCUT2D eigenvalue weighted by molar-refractivity contribution is 5.96. The van der Waals surface area contributed by atoms with Crippen molar-refractivity contribution in [3.05, 3.63) is 29.8 Å². The zero-order valence-corrected chi connectivity index (χ0v) is 16.7. The van der Waals surface area contributed by atoms with E-state index in [9.17, 15) is 9.18 Å². The summed E-state index contributed by atoms with van der Waals surface area (Å²) in [5.41, 5.74) is 0.701. The Bertz CT molecular complexity index is 926. The summed E-state index contributed by atoms with van der Waals surface area (Å²) in [6, 6.07) is 4.78. The van der Waals surface area contributed by atoms with Crippen molar-refractivity contribution >= 4 is 11.6 Å². The third kappa shape index (κ3) is 3.25. The van der Waals surface area contributed by atoms with Gasteiger partial charge in [0.15, 0.2) is 5.82 Å². The number of aromatic nitrogens is 3. The molecule has 2 fully saturated rings. The second kappa shape index (κ2) is 7.52. The summed E-state index contributed by atoms with van der Waals surface area (Å²) in [7, 11) is 0. The lowest BCUT2D eigenvalue weighted by atomic mass is 9.67. The normalized spacial score (nSPS) is 26.4. The first kappa shape index (κ1) is 18.7. The van der Waals surface area contributed by atoms with Crippen molar-refractivity contribution in [2.45, 2.75) is 57.9 Å². The second-order valence-corrected chi connectivity index (χ2v) is 8.78. The molecule has 2 aliphatic heterocycles. The van der Waals surface area contributed by atoms with Crippen LogP contribution in [-0.4, -0.2) is 33.8 Å². The number of carbonyl (C=O) groups is 1. The average Bonchev–Trinajstić information content (AvgIpc) is 3.28. The maximum atomic E-state index is 14.7. The Morgan fingerprint density at radius 2 is 2.14 bits per heavy atom. The molecule has 1 aliphatic carbocycles. The number of hydrogen-bond donors (Lipinski definition) is 2. The van der Waals surface area contributed by atoms with Crippen LogP contribution in [-0.2, 0) is 17.8 Å². The Balaban J connectivity index is 1.43. The molecule has 1 saturated carbocycles. The number of nitrogens with zero attached hydrogens (tertiary/aromatic N) is 3. The predicted octanol–water partition coefficient (Wildman–Crippen LogP) is 3.53. The fraction of sp³-hybridized carbons (Fsp3) is 0.591. The van der Waals surface area contributed by atoms with Crippen LogP contribution >= 0.6 is 0 Å². The number of hydrogen-bond acceptors (Lipinski definition) is 4. The van der Waals surface area contributed by atoms with Crippen LogP contribution in [0.4, 0.5) is 10.1 Å². The van der Waals surface area contributed by atoms with Gasteiger partial charge in [0.1, 0.15) is 11.6 Å². The molecule has 7 heteroatoms. The van der Waals surface area contributed by atoms with E-state index >= 15 is 0 Å². The Morgan fingerprint density at radius 3 is 3.07 bits per heavy atom. The molecule has 0 unspecified atom stereocenters. The zero-order valence-electron chi connectivity index (χ0n) is 16.7. The summed E-state index contributed by atoms with van der Waals surface area (Å²) >= 11 is 0. The highest BCUT2D eigenvalue weighted by Crippen LogP contribution is 2.44. The molecule has 5 rings (SSSR count). The Kier molecular flexibility index (Phi) is 4.86. The third-order valence-corrected chi connectivity index (χ3v) is 7.06. The van der Waals surface area contributed by atoms with Crippen LogP contribution in [0, 0.1) is 17.2 Å². The highest BCUT2D eigenvalue weighted by atomic mass is 19.1. The number of halogens is 1. The SMILES string of the molecule is O=C(Nc1ccc(F)c(-c2nnc3n2CCCCC3)c1)[C@@]12CCCC[C@H]1CNC2. The van der Waals surface area contributed by atoms with E-state index in [2.05, 4.69) is 20.8 Å². The number of amides is 1. The van der Waals surface area contributed by atoms with Crippen LogP contribution in [0.2, 0.25) is 0 Å². The van der Waals surface area contributed by atoms with Gasteiger partial charge in [-0.3, -0.25) is 4.79 Å². The molecule has 1 amide bonds. The minimum atomic E-state index is -0.335. The van der Waals surface area contributed by atoms with Crippen molar-refractivity contribution in [2.75, 3.05) is 18.4 Å². The number of fused-ring (bicyclic) bond motifs is 2. The van der Waals surface area contributed by atoms with Gasteiger partial charge in [-0.05, 0) is 56.3 Å². The number of carbonyl (C=O) groups excluding carboxylic acids is 1. The lowest BCUT2D eigenvalue weighted by Crippen LogP contribution is -2.44. The van der Waals surface area contributed by atoms with Gasteiger partial charge in [0.2, 0.25) is 5.91 Å². The number of nitrogens with one attached hydrogen (secondary N) is 2. The van der Waals surface area contributed by atoms with Crippen molar-refractivity contribution in [3.63, 3.8) is 0 Å². The van der Waals surface area contributed by atoms with Crippen molar-refractivity contribution in [1.82, 2.24) is 20.1 Å². The summed E-state index contributed by atoms with van der Waals surface area (Å²) < 4.78 is 16.7. The molecule has 3 aliphatic rings. The van der Waals surface area contributed by atoms with Crippen LogP contribution in [0.5, 0.6) is 0 Å². The van der Waals surface area contributed by atoms with Gasteiger partial charge in [-0.15, -0.1) is 10.2 Å². The van der Waals surface area contributed by atoms with Gasteiger partial charge in [-0.1, -0.05) is 19.3 Å². The Labute approximate surface area is 170 Å². The molecule has 2 atom stereocenters. The molecule has 154 valence electrons. The van der Waals surface area contributed by atoms with Crippen LogP contribution in [0.15, 0.2) is 18.2 Å². The Morgan fingerprint density at radius 1 is 1.21 bits per heavy atom. The largest absolute Gasteiger partial charge is 0.326 e. The van der Waals surface area contributed by atoms with E-state index in [4.69, 9.17) is 0 Å². The molecule has 1 aromatic heterocycles. The third-order valence-electron chi connectivity index (χ3n) is 7.06. The minimum absolute atomic E-state index is 0.0600. The Hall–Kier alpha value is -2.28. The molecular formula is C22H28FN5O. The summed E-state index contributed by atoms with van der Waals surface area (Å²) in [6.07, 6.45) is 8.47. The summed E-state index contributed by atoms with van der Waals surface area (Å²) in [5, 5.41) is 15.1. The molecule has 0 bridgehead atoms. The van der Waals surface area contributed by atoms with Crippen LogP contribution in [0.25, 0.3) is 11.4 Å².